The zero-order valence-corrected chi connectivity index (χ0v) is 9.05. The Morgan fingerprint density at radius 3 is 2.59 bits per heavy atom. The molecule has 0 aliphatic heterocycles. The van der Waals surface area contributed by atoms with Crippen LogP contribution in [0.25, 0.3) is 0 Å². The highest BCUT2D eigenvalue weighted by atomic mass is 16.1. The number of hydrogen-bond donors (Lipinski definition) is 0. The first-order valence-electron chi connectivity index (χ1n) is 5.12. The van der Waals surface area contributed by atoms with Crippen molar-refractivity contribution in [2.45, 2.75) is 0 Å². The molecule has 0 saturated heterocycles. The predicted molar refractivity (Wildman–Crippen MR) is 66.4 cm³/mol. The molecule has 78 valence electrons. The SMILES string of the molecule is [B]c1cccc(C(=O)c2ccccc2C#N)c1. The minimum atomic E-state index is -0.186. The fourth-order valence-corrected chi connectivity index (χ4v) is 1.61. The Labute approximate surface area is 101 Å². The monoisotopic (exact) mass is 217 g/mol. The lowest BCUT2D eigenvalue weighted by Gasteiger charge is -2.04. The largest absolute Gasteiger partial charge is 0.289 e. The van der Waals surface area contributed by atoms with Gasteiger partial charge in [0.25, 0.3) is 0 Å². The summed E-state index contributed by atoms with van der Waals surface area (Å²) in [4.78, 5) is 12.2. The summed E-state index contributed by atoms with van der Waals surface area (Å²) in [7, 11) is 5.63. The molecule has 3 heteroatoms. The summed E-state index contributed by atoms with van der Waals surface area (Å²) in [6.07, 6.45) is 0. The number of nitrogens with zero attached hydrogens (tertiary/aromatic N) is 1. The van der Waals surface area contributed by atoms with Gasteiger partial charge in [-0.15, -0.1) is 0 Å². The third kappa shape index (κ3) is 2.26. The minimum absolute atomic E-state index is 0.186. The van der Waals surface area contributed by atoms with Gasteiger partial charge in [-0.3, -0.25) is 4.79 Å². The van der Waals surface area contributed by atoms with Gasteiger partial charge in [0.15, 0.2) is 5.78 Å². The molecule has 2 rings (SSSR count). The highest BCUT2D eigenvalue weighted by Gasteiger charge is 2.12. The van der Waals surface area contributed by atoms with Gasteiger partial charge < -0.3 is 0 Å². The summed E-state index contributed by atoms with van der Waals surface area (Å²) in [6, 6.07) is 15.5. The van der Waals surface area contributed by atoms with E-state index in [0.717, 1.165) is 0 Å². The number of rotatable bonds is 2. The molecular weight excluding hydrogens is 209 g/mol. The molecule has 2 radical (unpaired) electrons. The van der Waals surface area contributed by atoms with Gasteiger partial charge in [0, 0.05) is 11.1 Å². The molecule has 2 aromatic rings. The van der Waals surface area contributed by atoms with Crippen LogP contribution in [-0.2, 0) is 0 Å². The second-order valence-corrected chi connectivity index (χ2v) is 3.61. The van der Waals surface area contributed by atoms with Gasteiger partial charge in [-0.1, -0.05) is 41.9 Å². The highest BCUT2D eigenvalue weighted by molar-refractivity contribution is 6.33. The van der Waals surface area contributed by atoms with E-state index in [1.54, 1.807) is 48.5 Å². The van der Waals surface area contributed by atoms with E-state index in [4.69, 9.17) is 13.1 Å². The van der Waals surface area contributed by atoms with Crippen LogP contribution < -0.4 is 5.46 Å². The van der Waals surface area contributed by atoms with E-state index < -0.39 is 0 Å². The van der Waals surface area contributed by atoms with E-state index in [1.165, 1.54) is 0 Å². The van der Waals surface area contributed by atoms with E-state index in [0.29, 0.717) is 22.2 Å². The van der Waals surface area contributed by atoms with Crippen molar-refractivity contribution in [3.8, 4) is 6.07 Å². The van der Waals surface area contributed by atoms with E-state index in [2.05, 4.69) is 0 Å². The summed E-state index contributed by atoms with van der Waals surface area (Å²) in [6.45, 7) is 0. The van der Waals surface area contributed by atoms with Crippen LogP contribution in [-0.4, -0.2) is 13.6 Å². The number of carbonyl (C=O) groups is 1. The maximum atomic E-state index is 12.2. The van der Waals surface area contributed by atoms with Crippen molar-refractivity contribution < 1.29 is 4.79 Å². The van der Waals surface area contributed by atoms with Gasteiger partial charge in [-0.2, -0.15) is 5.26 Å². The van der Waals surface area contributed by atoms with E-state index in [1.807, 2.05) is 6.07 Å². The highest BCUT2D eigenvalue weighted by Crippen LogP contribution is 2.13. The first-order valence-corrected chi connectivity index (χ1v) is 5.12. The van der Waals surface area contributed by atoms with Crippen LogP contribution >= 0.6 is 0 Å². The van der Waals surface area contributed by atoms with E-state index in [9.17, 15) is 4.79 Å². The third-order valence-corrected chi connectivity index (χ3v) is 2.44. The number of carbonyl (C=O) groups excluding carboxylic acids is 1. The maximum absolute atomic E-state index is 12.2. The number of ketones is 1. The van der Waals surface area contributed by atoms with Crippen molar-refractivity contribution in [2.75, 3.05) is 0 Å². The van der Waals surface area contributed by atoms with Crippen molar-refractivity contribution in [1.82, 2.24) is 0 Å². The number of hydrogen-bond acceptors (Lipinski definition) is 2. The zero-order valence-electron chi connectivity index (χ0n) is 9.05. The molecule has 0 atom stereocenters. The zero-order chi connectivity index (χ0) is 12.3. The summed E-state index contributed by atoms with van der Waals surface area (Å²) in [5.74, 6) is -0.186. The Balaban J connectivity index is 2.48. The van der Waals surface area contributed by atoms with Crippen molar-refractivity contribution in [1.29, 1.82) is 5.26 Å². The lowest BCUT2D eigenvalue weighted by atomic mass is 9.91. The molecule has 2 nitrogen and oxygen atoms in total. The number of benzene rings is 2. The first kappa shape index (κ1) is 11.2. The molecular formula is C14H8BNO. The van der Waals surface area contributed by atoms with Crippen molar-refractivity contribution in [3.63, 3.8) is 0 Å². The fourth-order valence-electron chi connectivity index (χ4n) is 1.61. The molecule has 2 aromatic carbocycles. The third-order valence-electron chi connectivity index (χ3n) is 2.44. The number of nitriles is 1. The van der Waals surface area contributed by atoms with Crippen molar-refractivity contribution >= 4 is 19.1 Å². The van der Waals surface area contributed by atoms with Crippen molar-refractivity contribution in [3.05, 3.63) is 65.2 Å². The fraction of sp³-hybridized carbons (Fsp3) is 0. The normalized spacial score (nSPS) is 9.59. The molecule has 0 unspecified atom stereocenters. The van der Waals surface area contributed by atoms with Gasteiger partial charge in [-0.05, 0) is 12.1 Å². The van der Waals surface area contributed by atoms with Crippen LogP contribution in [0.5, 0.6) is 0 Å². The van der Waals surface area contributed by atoms with Gasteiger partial charge in [-0.25, -0.2) is 0 Å². The average molecular weight is 217 g/mol. The van der Waals surface area contributed by atoms with E-state index >= 15 is 0 Å². The lowest BCUT2D eigenvalue weighted by Crippen LogP contribution is -2.09. The predicted octanol–water partition coefficient (Wildman–Crippen LogP) is 1.58. The Hall–Kier alpha value is -2.34. The Morgan fingerprint density at radius 1 is 1.12 bits per heavy atom. The molecule has 0 aliphatic rings. The topological polar surface area (TPSA) is 40.9 Å². The van der Waals surface area contributed by atoms with Gasteiger partial charge in [0.1, 0.15) is 7.85 Å². The molecule has 0 bridgehead atoms. The standard InChI is InChI=1S/C14H8BNO/c15-12-6-3-5-10(8-12)14(17)13-7-2-1-4-11(13)9-16/h1-8H. The summed E-state index contributed by atoms with van der Waals surface area (Å²) in [5.41, 5.74) is 1.80. The van der Waals surface area contributed by atoms with Crippen LogP contribution in [0.15, 0.2) is 48.5 Å². The van der Waals surface area contributed by atoms with Crippen LogP contribution in [0.4, 0.5) is 0 Å². The Kier molecular flexibility index (Phi) is 3.07. The molecule has 0 spiro atoms. The van der Waals surface area contributed by atoms with E-state index in [-0.39, 0.29) is 5.78 Å². The minimum Gasteiger partial charge on any atom is -0.289 e. The molecule has 0 saturated carbocycles. The van der Waals surface area contributed by atoms with Gasteiger partial charge in [0.2, 0.25) is 0 Å². The van der Waals surface area contributed by atoms with Crippen molar-refractivity contribution in [2.24, 2.45) is 0 Å². The Bertz CT molecular complexity index is 614. The summed E-state index contributed by atoms with van der Waals surface area (Å²) >= 11 is 0. The van der Waals surface area contributed by atoms with Gasteiger partial charge in [0.05, 0.1) is 11.6 Å². The van der Waals surface area contributed by atoms with Crippen LogP contribution in [0.2, 0.25) is 0 Å². The Morgan fingerprint density at radius 2 is 1.88 bits per heavy atom. The molecule has 0 aromatic heterocycles. The summed E-state index contributed by atoms with van der Waals surface area (Å²) < 4.78 is 0. The molecule has 0 aliphatic carbocycles. The first-order chi connectivity index (χ1) is 8.22. The van der Waals surface area contributed by atoms with Crippen LogP contribution in [0, 0.1) is 11.3 Å². The molecule has 0 N–H and O–H groups in total. The van der Waals surface area contributed by atoms with Gasteiger partial charge >= 0.3 is 0 Å². The second-order valence-electron chi connectivity index (χ2n) is 3.61. The molecule has 0 fully saturated rings. The molecule has 0 amide bonds. The average Bonchev–Trinajstić information content (AvgIpc) is 2.38. The quantitative estimate of drug-likeness (QED) is 0.566. The van der Waals surface area contributed by atoms with Crippen LogP contribution in [0.1, 0.15) is 21.5 Å². The molecule has 0 heterocycles. The van der Waals surface area contributed by atoms with Crippen LogP contribution in [0.3, 0.4) is 0 Å². The summed E-state index contributed by atoms with van der Waals surface area (Å²) in [5, 5.41) is 8.94. The smallest absolute Gasteiger partial charge is 0.194 e. The molecule has 17 heavy (non-hydrogen) atoms. The maximum Gasteiger partial charge on any atom is 0.194 e. The lowest BCUT2D eigenvalue weighted by molar-refractivity contribution is 0.103. The second kappa shape index (κ2) is 4.67.